The summed E-state index contributed by atoms with van der Waals surface area (Å²) in [5.74, 6) is 0. The largest absolute Gasteiger partial charge is 0.389 e. The van der Waals surface area contributed by atoms with Gasteiger partial charge in [-0.3, -0.25) is 0 Å². The molecule has 0 fully saturated rings. The highest BCUT2D eigenvalue weighted by molar-refractivity contribution is 7.80. The molecule has 4 heteroatoms. The van der Waals surface area contributed by atoms with Crippen molar-refractivity contribution in [1.82, 2.24) is 4.90 Å². The topological polar surface area (TPSA) is 32.5 Å². The molecule has 3 nitrogen and oxygen atoms in total. The van der Waals surface area contributed by atoms with Crippen LogP contribution in [0.2, 0.25) is 0 Å². The van der Waals surface area contributed by atoms with Crippen LogP contribution < -0.4 is 10.6 Å². The minimum atomic E-state index is 0.477. The Morgan fingerprint density at radius 3 is 2.47 bits per heavy atom. The molecular formula is C15H25N3S. The smallest absolute Gasteiger partial charge is 0.106 e. The first-order chi connectivity index (χ1) is 8.95. The van der Waals surface area contributed by atoms with E-state index in [1.807, 2.05) is 0 Å². The molecule has 0 aliphatic rings. The van der Waals surface area contributed by atoms with Crippen LogP contribution in [0, 0.1) is 6.92 Å². The maximum Gasteiger partial charge on any atom is 0.106 e. The predicted octanol–water partition coefficient (Wildman–Crippen LogP) is 2.41. The van der Waals surface area contributed by atoms with E-state index in [9.17, 15) is 0 Å². The summed E-state index contributed by atoms with van der Waals surface area (Å²) >= 11 is 5.17. The van der Waals surface area contributed by atoms with E-state index < -0.39 is 0 Å². The second-order valence-corrected chi connectivity index (χ2v) is 5.56. The van der Waals surface area contributed by atoms with Crippen LogP contribution in [0.25, 0.3) is 0 Å². The zero-order valence-electron chi connectivity index (χ0n) is 12.4. The Kier molecular flexibility index (Phi) is 6.25. The summed E-state index contributed by atoms with van der Waals surface area (Å²) in [5.41, 5.74) is 9.18. The minimum Gasteiger partial charge on any atom is -0.389 e. The number of nitrogens with two attached hydrogens (primary N) is 1. The molecule has 0 aromatic heterocycles. The lowest BCUT2D eigenvalue weighted by Gasteiger charge is -2.26. The molecule has 0 aliphatic carbocycles. The van der Waals surface area contributed by atoms with Gasteiger partial charge in [0, 0.05) is 24.3 Å². The lowest BCUT2D eigenvalue weighted by Crippen LogP contribution is -2.29. The Hall–Kier alpha value is -1.13. The SMILES string of the molecule is CCN(CCCN(C)C)c1ccc(C)cc1C(N)=S. The van der Waals surface area contributed by atoms with E-state index >= 15 is 0 Å². The molecule has 1 aromatic carbocycles. The molecule has 0 aliphatic heterocycles. The van der Waals surface area contributed by atoms with Crippen molar-refractivity contribution in [3.8, 4) is 0 Å². The first-order valence-electron chi connectivity index (χ1n) is 6.75. The summed E-state index contributed by atoms with van der Waals surface area (Å²) in [6.45, 7) is 7.30. The van der Waals surface area contributed by atoms with Gasteiger partial charge >= 0.3 is 0 Å². The summed E-state index contributed by atoms with van der Waals surface area (Å²) in [6.07, 6.45) is 1.13. The molecule has 106 valence electrons. The summed E-state index contributed by atoms with van der Waals surface area (Å²) in [6, 6.07) is 6.32. The van der Waals surface area contributed by atoms with Crippen LogP contribution in [0.4, 0.5) is 5.69 Å². The average molecular weight is 279 g/mol. The van der Waals surface area contributed by atoms with E-state index in [0.29, 0.717) is 4.99 Å². The lowest BCUT2D eigenvalue weighted by atomic mass is 10.1. The van der Waals surface area contributed by atoms with Crippen molar-refractivity contribution in [3.63, 3.8) is 0 Å². The maximum absolute atomic E-state index is 5.85. The number of thiocarbonyl (C=S) groups is 1. The van der Waals surface area contributed by atoms with Crippen molar-refractivity contribution in [2.75, 3.05) is 38.6 Å². The van der Waals surface area contributed by atoms with E-state index in [4.69, 9.17) is 18.0 Å². The Morgan fingerprint density at radius 1 is 1.26 bits per heavy atom. The zero-order valence-corrected chi connectivity index (χ0v) is 13.3. The van der Waals surface area contributed by atoms with Crippen LogP contribution in [0.3, 0.4) is 0 Å². The van der Waals surface area contributed by atoms with Gasteiger partial charge in [0.05, 0.1) is 0 Å². The van der Waals surface area contributed by atoms with Crippen LogP contribution >= 0.6 is 12.2 Å². The zero-order chi connectivity index (χ0) is 14.4. The highest BCUT2D eigenvalue weighted by atomic mass is 32.1. The van der Waals surface area contributed by atoms with E-state index in [2.05, 4.69) is 55.9 Å². The molecule has 0 spiro atoms. The van der Waals surface area contributed by atoms with Crippen molar-refractivity contribution < 1.29 is 0 Å². The van der Waals surface area contributed by atoms with Crippen LogP contribution in [-0.4, -0.2) is 43.6 Å². The normalized spacial score (nSPS) is 10.8. The van der Waals surface area contributed by atoms with E-state index in [0.717, 1.165) is 37.3 Å². The van der Waals surface area contributed by atoms with Gasteiger partial charge in [-0.1, -0.05) is 23.8 Å². The van der Waals surface area contributed by atoms with Gasteiger partial charge in [-0.05, 0) is 53.0 Å². The van der Waals surface area contributed by atoms with Gasteiger partial charge in [-0.2, -0.15) is 0 Å². The lowest BCUT2D eigenvalue weighted by molar-refractivity contribution is 0.400. The highest BCUT2D eigenvalue weighted by Crippen LogP contribution is 2.22. The first kappa shape index (κ1) is 15.9. The van der Waals surface area contributed by atoms with Gasteiger partial charge in [0.1, 0.15) is 4.99 Å². The monoisotopic (exact) mass is 279 g/mol. The number of anilines is 1. The van der Waals surface area contributed by atoms with E-state index in [1.54, 1.807) is 0 Å². The molecule has 0 amide bonds. The molecule has 0 bridgehead atoms. The Labute approximate surface area is 122 Å². The van der Waals surface area contributed by atoms with Crippen LogP contribution in [0.1, 0.15) is 24.5 Å². The number of hydrogen-bond acceptors (Lipinski definition) is 3. The van der Waals surface area contributed by atoms with Crippen molar-refractivity contribution in [3.05, 3.63) is 29.3 Å². The third kappa shape index (κ3) is 4.80. The first-order valence-corrected chi connectivity index (χ1v) is 7.16. The molecule has 0 unspecified atom stereocenters. The number of hydrogen-bond donors (Lipinski definition) is 1. The maximum atomic E-state index is 5.85. The van der Waals surface area contributed by atoms with Gasteiger partial charge < -0.3 is 15.5 Å². The summed E-state index contributed by atoms with van der Waals surface area (Å²) in [4.78, 5) is 5.03. The fourth-order valence-electron chi connectivity index (χ4n) is 2.15. The molecule has 1 aromatic rings. The number of rotatable bonds is 7. The summed E-state index contributed by atoms with van der Waals surface area (Å²) < 4.78 is 0. The van der Waals surface area contributed by atoms with Gasteiger partial charge in [0.25, 0.3) is 0 Å². The molecule has 0 saturated heterocycles. The molecule has 0 saturated carbocycles. The van der Waals surface area contributed by atoms with Gasteiger partial charge in [0.15, 0.2) is 0 Å². The van der Waals surface area contributed by atoms with Gasteiger partial charge in [-0.15, -0.1) is 0 Å². The Balaban J connectivity index is 2.88. The molecule has 1 rings (SSSR count). The van der Waals surface area contributed by atoms with Gasteiger partial charge in [0.2, 0.25) is 0 Å². The quantitative estimate of drug-likeness (QED) is 0.777. The van der Waals surface area contributed by atoms with Crippen LogP contribution in [0.5, 0.6) is 0 Å². The van der Waals surface area contributed by atoms with Crippen molar-refractivity contribution in [2.24, 2.45) is 5.73 Å². The van der Waals surface area contributed by atoms with Crippen LogP contribution in [-0.2, 0) is 0 Å². The van der Waals surface area contributed by atoms with E-state index in [1.165, 1.54) is 5.56 Å². The predicted molar refractivity (Wildman–Crippen MR) is 88.1 cm³/mol. The van der Waals surface area contributed by atoms with Crippen molar-refractivity contribution >= 4 is 22.9 Å². The second-order valence-electron chi connectivity index (χ2n) is 5.12. The fourth-order valence-corrected chi connectivity index (χ4v) is 2.31. The number of aryl methyl sites for hydroxylation is 1. The summed E-state index contributed by atoms with van der Waals surface area (Å²) in [7, 11) is 4.20. The summed E-state index contributed by atoms with van der Waals surface area (Å²) in [5, 5.41) is 0. The third-order valence-corrected chi connectivity index (χ3v) is 3.39. The molecule has 2 N–H and O–H groups in total. The standard InChI is InChI=1S/C15H25N3S/c1-5-18(10-6-9-17(3)4)14-8-7-12(2)11-13(14)15(16)19/h7-8,11H,5-6,9-10H2,1-4H3,(H2,16,19). The van der Waals surface area contributed by atoms with Crippen molar-refractivity contribution in [1.29, 1.82) is 0 Å². The minimum absolute atomic E-state index is 0.477. The van der Waals surface area contributed by atoms with Crippen molar-refractivity contribution in [2.45, 2.75) is 20.3 Å². The third-order valence-electron chi connectivity index (χ3n) is 3.17. The average Bonchev–Trinajstić information content (AvgIpc) is 2.34. The number of nitrogens with zero attached hydrogens (tertiary/aromatic N) is 2. The molecule has 0 atom stereocenters. The second kappa shape index (κ2) is 7.46. The van der Waals surface area contributed by atoms with Gasteiger partial charge in [-0.25, -0.2) is 0 Å². The molecule has 0 heterocycles. The Bertz CT molecular complexity index is 429. The molecular weight excluding hydrogens is 254 g/mol. The fraction of sp³-hybridized carbons (Fsp3) is 0.533. The molecule has 19 heavy (non-hydrogen) atoms. The number of benzene rings is 1. The Morgan fingerprint density at radius 2 is 1.95 bits per heavy atom. The highest BCUT2D eigenvalue weighted by Gasteiger charge is 2.11. The molecule has 0 radical (unpaired) electrons. The van der Waals surface area contributed by atoms with Crippen LogP contribution in [0.15, 0.2) is 18.2 Å². The van der Waals surface area contributed by atoms with E-state index in [-0.39, 0.29) is 0 Å².